The van der Waals surface area contributed by atoms with Gasteiger partial charge in [0.25, 0.3) is 0 Å². The number of benzene rings is 1. The summed E-state index contributed by atoms with van der Waals surface area (Å²) in [4.78, 5) is 0. The first-order chi connectivity index (χ1) is 7.20. The highest BCUT2D eigenvalue weighted by Gasteiger charge is 2.00. The van der Waals surface area contributed by atoms with Gasteiger partial charge in [0.15, 0.2) is 11.5 Å². The molecule has 0 saturated heterocycles. The highest BCUT2D eigenvalue weighted by Crippen LogP contribution is 2.24. The number of unbranched alkanes of at least 4 members (excludes halogenated alkanes) is 1. The topological polar surface area (TPSA) is 81.5 Å². The van der Waals surface area contributed by atoms with Crippen LogP contribution in [0, 0.1) is 0 Å². The lowest BCUT2D eigenvalue weighted by Crippen LogP contribution is -2.30. The number of para-hydroxylation sites is 2. The minimum Gasteiger partial charge on any atom is -0.504 e. The third-order valence-electron chi connectivity index (χ3n) is 2.05. The van der Waals surface area contributed by atoms with Gasteiger partial charge in [0.2, 0.25) is 0 Å². The lowest BCUT2D eigenvalue weighted by Gasteiger charge is -2.08. The Kier molecular flexibility index (Phi) is 4.93. The van der Waals surface area contributed by atoms with Crippen LogP contribution in [0.15, 0.2) is 24.3 Å². The molecule has 0 bridgehead atoms. The summed E-state index contributed by atoms with van der Waals surface area (Å²) in [5, 5.41) is 9.39. The highest BCUT2D eigenvalue weighted by atomic mass is 16.5. The fourth-order valence-corrected chi connectivity index (χ4v) is 1.24. The van der Waals surface area contributed by atoms with Gasteiger partial charge < -0.3 is 21.3 Å². The fraction of sp³-hybridized carbons (Fsp3) is 0.455. The lowest BCUT2D eigenvalue weighted by molar-refractivity contribution is 0.288. The molecular formula is C11H18N2O2. The molecule has 0 saturated carbocycles. The second-order valence-electron chi connectivity index (χ2n) is 3.48. The van der Waals surface area contributed by atoms with Crippen LogP contribution >= 0.6 is 0 Å². The molecule has 5 N–H and O–H groups in total. The molecule has 0 unspecified atom stereocenters. The Morgan fingerprint density at radius 1 is 1.20 bits per heavy atom. The SMILES string of the molecule is NC(N)CCCCOc1ccccc1O. The second-order valence-corrected chi connectivity index (χ2v) is 3.48. The van der Waals surface area contributed by atoms with Crippen molar-refractivity contribution in [1.82, 2.24) is 0 Å². The number of phenolic OH excluding ortho intramolecular Hbond substituents is 1. The first kappa shape index (κ1) is 11.8. The zero-order valence-corrected chi connectivity index (χ0v) is 8.73. The normalized spacial score (nSPS) is 10.6. The van der Waals surface area contributed by atoms with Crippen molar-refractivity contribution in [1.29, 1.82) is 0 Å². The van der Waals surface area contributed by atoms with Crippen LogP contribution in [0.4, 0.5) is 0 Å². The van der Waals surface area contributed by atoms with Crippen LogP contribution in [0.5, 0.6) is 11.5 Å². The summed E-state index contributed by atoms with van der Waals surface area (Å²) in [6.45, 7) is 0.574. The van der Waals surface area contributed by atoms with Crippen LogP contribution in [-0.4, -0.2) is 17.9 Å². The number of phenols is 1. The van der Waals surface area contributed by atoms with Crippen LogP contribution in [0.3, 0.4) is 0 Å². The molecule has 0 radical (unpaired) electrons. The minimum atomic E-state index is -0.241. The lowest BCUT2D eigenvalue weighted by atomic mass is 10.2. The van der Waals surface area contributed by atoms with Gasteiger partial charge in [-0.05, 0) is 31.4 Å². The van der Waals surface area contributed by atoms with Crippen molar-refractivity contribution in [3.63, 3.8) is 0 Å². The molecule has 0 fully saturated rings. The smallest absolute Gasteiger partial charge is 0.160 e. The van der Waals surface area contributed by atoms with E-state index in [9.17, 15) is 5.11 Å². The molecule has 4 nitrogen and oxygen atoms in total. The van der Waals surface area contributed by atoms with Crippen molar-refractivity contribution in [3.8, 4) is 11.5 Å². The van der Waals surface area contributed by atoms with Gasteiger partial charge in [-0.25, -0.2) is 0 Å². The van der Waals surface area contributed by atoms with Crippen molar-refractivity contribution < 1.29 is 9.84 Å². The first-order valence-corrected chi connectivity index (χ1v) is 5.12. The Balaban J connectivity index is 2.18. The Bertz CT molecular complexity index is 290. The van der Waals surface area contributed by atoms with Crippen LogP contribution in [0.2, 0.25) is 0 Å². The number of hydrogen-bond donors (Lipinski definition) is 3. The minimum absolute atomic E-state index is 0.174. The van der Waals surface area contributed by atoms with E-state index in [0.717, 1.165) is 19.3 Å². The van der Waals surface area contributed by atoms with E-state index in [1.807, 2.05) is 6.07 Å². The maximum absolute atomic E-state index is 9.39. The van der Waals surface area contributed by atoms with E-state index in [4.69, 9.17) is 16.2 Å². The van der Waals surface area contributed by atoms with Gasteiger partial charge >= 0.3 is 0 Å². The van der Waals surface area contributed by atoms with Gasteiger partial charge in [-0.1, -0.05) is 12.1 Å². The number of rotatable bonds is 6. The fourth-order valence-electron chi connectivity index (χ4n) is 1.24. The van der Waals surface area contributed by atoms with Gasteiger partial charge in [0, 0.05) is 0 Å². The van der Waals surface area contributed by atoms with Gasteiger partial charge in [0.1, 0.15) is 0 Å². The van der Waals surface area contributed by atoms with E-state index >= 15 is 0 Å². The van der Waals surface area contributed by atoms with E-state index in [-0.39, 0.29) is 11.9 Å². The molecule has 1 aromatic carbocycles. The maximum atomic E-state index is 9.39. The van der Waals surface area contributed by atoms with Crippen molar-refractivity contribution >= 4 is 0 Å². The zero-order valence-electron chi connectivity index (χ0n) is 8.73. The zero-order chi connectivity index (χ0) is 11.1. The van der Waals surface area contributed by atoms with E-state index < -0.39 is 0 Å². The molecule has 0 aliphatic carbocycles. The molecule has 0 atom stereocenters. The number of hydrogen-bond acceptors (Lipinski definition) is 4. The molecule has 0 spiro atoms. The Morgan fingerprint density at radius 3 is 2.60 bits per heavy atom. The summed E-state index contributed by atoms with van der Waals surface area (Å²) in [5.41, 5.74) is 10.8. The quantitative estimate of drug-likeness (QED) is 0.486. The summed E-state index contributed by atoms with van der Waals surface area (Å²) < 4.78 is 5.39. The third kappa shape index (κ3) is 4.67. The standard InChI is InChI=1S/C11H18N2O2/c12-11(13)7-3-4-8-15-10-6-2-1-5-9(10)14/h1-2,5-6,11,14H,3-4,7-8,12-13H2. The van der Waals surface area contributed by atoms with E-state index in [2.05, 4.69) is 0 Å². The summed E-state index contributed by atoms with van der Waals surface area (Å²) in [5.74, 6) is 0.697. The molecule has 1 rings (SSSR count). The monoisotopic (exact) mass is 210 g/mol. The molecule has 1 aromatic rings. The van der Waals surface area contributed by atoms with Crippen molar-refractivity contribution in [3.05, 3.63) is 24.3 Å². The summed E-state index contributed by atoms with van der Waals surface area (Å²) in [7, 11) is 0. The van der Waals surface area contributed by atoms with Crippen LogP contribution < -0.4 is 16.2 Å². The molecule has 4 heteroatoms. The van der Waals surface area contributed by atoms with Crippen LogP contribution in [0.1, 0.15) is 19.3 Å². The van der Waals surface area contributed by atoms with Crippen molar-refractivity contribution in [2.24, 2.45) is 11.5 Å². The molecular weight excluding hydrogens is 192 g/mol. The molecule has 0 heterocycles. The van der Waals surface area contributed by atoms with E-state index in [1.165, 1.54) is 0 Å². The number of nitrogens with two attached hydrogens (primary N) is 2. The molecule has 0 aromatic heterocycles. The summed E-state index contributed by atoms with van der Waals surface area (Å²) in [6, 6.07) is 6.93. The predicted octanol–water partition coefficient (Wildman–Crippen LogP) is 1.18. The predicted molar refractivity (Wildman–Crippen MR) is 59.6 cm³/mol. The van der Waals surface area contributed by atoms with Gasteiger partial charge in [-0.2, -0.15) is 0 Å². The highest BCUT2D eigenvalue weighted by molar-refractivity contribution is 5.37. The van der Waals surface area contributed by atoms with E-state index in [0.29, 0.717) is 12.4 Å². The maximum Gasteiger partial charge on any atom is 0.160 e. The van der Waals surface area contributed by atoms with Gasteiger partial charge in [-0.3, -0.25) is 0 Å². The van der Waals surface area contributed by atoms with Crippen LogP contribution in [0.25, 0.3) is 0 Å². The number of ether oxygens (including phenoxy) is 1. The summed E-state index contributed by atoms with van der Waals surface area (Å²) in [6.07, 6.45) is 2.38. The average Bonchev–Trinajstić information content (AvgIpc) is 2.20. The Morgan fingerprint density at radius 2 is 1.93 bits per heavy atom. The molecule has 0 aliphatic rings. The largest absolute Gasteiger partial charge is 0.504 e. The van der Waals surface area contributed by atoms with Crippen molar-refractivity contribution in [2.45, 2.75) is 25.4 Å². The van der Waals surface area contributed by atoms with Crippen molar-refractivity contribution in [2.75, 3.05) is 6.61 Å². The Labute approximate surface area is 89.8 Å². The van der Waals surface area contributed by atoms with Gasteiger partial charge in [-0.15, -0.1) is 0 Å². The van der Waals surface area contributed by atoms with Crippen LogP contribution in [-0.2, 0) is 0 Å². The molecule has 15 heavy (non-hydrogen) atoms. The second kappa shape index (κ2) is 6.27. The average molecular weight is 210 g/mol. The molecule has 84 valence electrons. The van der Waals surface area contributed by atoms with E-state index in [1.54, 1.807) is 18.2 Å². The third-order valence-corrected chi connectivity index (χ3v) is 2.05. The number of aromatic hydroxyl groups is 1. The first-order valence-electron chi connectivity index (χ1n) is 5.12. The Hall–Kier alpha value is -1.26. The van der Waals surface area contributed by atoms with Gasteiger partial charge in [0.05, 0.1) is 12.8 Å². The molecule has 0 aliphatic heterocycles. The molecule has 0 amide bonds. The summed E-state index contributed by atoms with van der Waals surface area (Å²) >= 11 is 0.